The van der Waals surface area contributed by atoms with Gasteiger partial charge in [0.1, 0.15) is 0 Å². The smallest absolute Gasteiger partial charge is 0.0704 e. The van der Waals surface area contributed by atoms with Crippen molar-refractivity contribution in [2.45, 2.75) is 12.8 Å². The van der Waals surface area contributed by atoms with Crippen molar-refractivity contribution in [3.8, 4) is 0 Å². The molecule has 2 nitrogen and oxygen atoms in total. The monoisotopic (exact) mass is 224 g/mol. The number of benzene rings is 1. The molecule has 1 aromatic heterocycles. The molecule has 0 fully saturated rings. The second kappa shape index (κ2) is 4.68. The highest BCUT2D eigenvalue weighted by molar-refractivity contribution is 5.82. The molecule has 0 spiro atoms. The highest BCUT2D eigenvalue weighted by atomic mass is 14.8. The van der Waals surface area contributed by atoms with Crippen LogP contribution in [0.15, 0.2) is 48.2 Å². The van der Waals surface area contributed by atoms with Crippen molar-refractivity contribution < 1.29 is 0 Å². The Morgan fingerprint density at radius 3 is 3.00 bits per heavy atom. The first-order chi connectivity index (χ1) is 8.43. The Bertz CT molecular complexity index is 552. The molecule has 1 N–H and O–H groups in total. The van der Waals surface area contributed by atoms with Gasteiger partial charge in [0.2, 0.25) is 0 Å². The maximum absolute atomic E-state index is 4.40. The van der Waals surface area contributed by atoms with E-state index >= 15 is 0 Å². The molecule has 0 aliphatic carbocycles. The van der Waals surface area contributed by atoms with Gasteiger partial charge in [-0.15, -0.1) is 0 Å². The van der Waals surface area contributed by atoms with E-state index in [1.807, 2.05) is 12.3 Å². The topological polar surface area (TPSA) is 24.9 Å². The molecule has 3 rings (SSSR count). The average Bonchev–Trinajstić information content (AvgIpc) is 2.40. The molecule has 0 saturated heterocycles. The second-order valence-corrected chi connectivity index (χ2v) is 4.48. The van der Waals surface area contributed by atoms with E-state index in [4.69, 9.17) is 0 Å². The maximum atomic E-state index is 4.40. The molecule has 0 atom stereocenters. The molecule has 1 aromatic carbocycles. The fourth-order valence-electron chi connectivity index (χ4n) is 2.38. The van der Waals surface area contributed by atoms with Crippen molar-refractivity contribution in [1.82, 2.24) is 10.3 Å². The van der Waals surface area contributed by atoms with Crippen molar-refractivity contribution in [2.75, 3.05) is 13.1 Å². The number of hydrogen-bond acceptors (Lipinski definition) is 2. The van der Waals surface area contributed by atoms with Gasteiger partial charge in [0.05, 0.1) is 5.52 Å². The Morgan fingerprint density at radius 2 is 2.12 bits per heavy atom. The number of nitrogens with zero attached hydrogens (tertiary/aromatic N) is 1. The third-order valence-electron chi connectivity index (χ3n) is 3.31. The van der Waals surface area contributed by atoms with Gasteiger partial charge in [-0.2, -0.15) is 0 Å². The highest BCUT2D eigenvalue weighted by Gasteiger charge is 2.06. The number of fused-ring (bicyclic) bond motifs is 1. The van der Waals surface area contributed by atoms with Crippen LogP contribution in [0.25, 0.3) is 10.9 Å². The van der Waals surface area contributed by atoms with Gasteiger partial charge in [-0.05, 0) is 37.1 Å². The first kappa shape index (κ1) is 10.5. The number of rotatable bonds is 2. The predicted octanol–water partition coefficient (Wildman–Crippen LogP) is 2.70. The third kappa shape index (κ3) is 2.22. The largest absolute Gasteiger partial charge is 0.313 e. The van der Waals surface area contributed by atoms with Crippen LogP contribution in [-0.4, -0.2) is 18.1 Å². The molecule has 0 unspecified atom stereocenters. The molecule has 86 valence electrons. The standard InChI is InChI=1S/C15H16N2/c1-2-4-15-14(3-1)13(7-10-17-15)11-12-5-8-16-9-6-12/h1-5,7,10,16H,6,8-9,11H2. The van der Waals surface area contributed by atoms with Crippen LogP contribution in [-0.2, 0) is 6.42 Å². The van der Waals surface area contributed by atoms with Gasteiger partial charge in [0.15, 0.2) is 0 Å². The lowest BCUT2D eigenvalue weighted by molar-refractivity contribution is 0.692. The van der Waals surface area contributed by atoms with Gasteiger partial charge in [-0.25, -0.2) is 0 Å². The van der Waals surface area contributed by atoms with Crippen LogP contribution in [0.3, 0.4) is 0 Å². The Kier molecular flexibility index (Phi) is 2.88. The molecule has 0 bridgehead atoms. The molecular formula is C15H16N2. The van der Waals surface area contributed by atoms with E-state index in [0.29, 0.717) is 0 Å². The molecule has 17 heavy (non-hydrogen) atoms. The lowest BCUT2D eigenvalue weighted by atomic mass is 9.98. The van der Waals surface area contributed by atoms with Crippen molar-refractivity contribution in [3.05, 3.63) is 53.7 Å². The fourth-order valence-corrected chi connectivity index (χ4v) is 2.38. The van der Waals surface area contributed by atoms with Crippen molar-refractivity contribution >= 4 is 10.9 Å². The van der Waals surface area contributed by atoms with Gasteiger partial charge in [-0.3, -0.25) is 4.98 Å². The zero-order valence-corrected chi connectivity index (χ0v) is 9.82. The summed E-state index contributed by atoms with van der Waals surface area (Å²) in [7, 11) is 0. The van der Waals surface area contributed by atoms with Gasteiger partial charge < -0.3 is 5.32 Å². The molecule has 0 radical (unpaired) electrons. The lowest BCUT2D eigenvalue weighted by Crippen LogP contribution is -2.21. The summed E-state index contributed by atoms with van der Waals surface area (Å²) >= 11 is 0. The van der Waals surface area contributed by atoms with Crippen LogP contribution in [0.5, 0.6) is 0 Å². The van der Waals surface area contributed by atoms with Gasteiger partial charge >= 0.3 is 0 Å². The second-order valence-electron chi connectivity index (χ2n) is 4.48. The van der Waals surface area contributed by atoms with Crippen LogP contribution >= 0.6 is 0 Å². The average molecular weight is 224 g/mol. The first-order valence-corrected chi connectivity index (χ1v) is 6.15. The summed E-state index contributed by atoms with van der Waals surface area (Å²) < 4.78 is 0. The summed E-state index contributed by atoms with van der Waals surface area (Å²) in [5.41, 5.74) is 4.03. The lowest BCUT2D eigenvalue weighted by Gasteiger charge is -2.14. The van der Waals surface area contributed by atoms with E-state index in [9.17, 15) is 0 Å². The van der Waals surface area contributed by atoms with Crippen LogP contribution in [0.1, 0.15) is 12.0 Å². The summed E-state index contributed by atoms with van der Waals surface area (Å²) in [6.07, 6.45) is 6.46. The SMILES string of the molecule is C1=C(Cc2ccnc3ccccc23)CCNC1. The first-order valence-electron chi connectivity index (χ1n) is 6.15. The summed E-state index contributed by atoms with van der Waals surface area (Å²) in [5, 5.41) is 4.64. The number of para-hydroxylation sites is 1. The van der Waals surface area contributed by atoms with E-state index in [-0.39, 0.29) is 0 Å². The molecule has 0 saturated carbocycles. The number of hydrogen-bond donors (Lipinski definition) is 1. The summed E-state index contributed by atoms with van der Waals surface area (Å²) in [6, 6.07) is 10.5. The Labute approximate surface area is 101 Å². The van der Waals surface area contributed by atoms with Crippen molar-refractivity contribution in [3.63, 3.8) is 0 Å². The minimum atomic E-state index is 1.01. The van der Waals surface area contributed by atoms with Crippen molar-refractivity contribution in [1.29, 1.82) is 0 Å². The summed E-state index contributed by atoms with van der Waals surface area (Å²) in [4.78, 5) is 4.40. The van der Waals surface area contributed by atoms with E-state index in [1.165, 1.54) is 10.9 Å². The molecule has 2 heteroatoms. The minimum absolute atomic E-state index is 1.01. The van der Waals surface area contributed by atoms with Crippen molar-refractivity contribution in [2.24, 2.45) is 0 Å². The van der Waals surface area contributed by atoms with Crippen LogP contribution in [0, 0.1) is 0 Å². The zero-order valence-electron chi connectivity index (χ0n) is 9.82. The van der Waals surface area contributed by atoms with Gasteiger partial charge in [0, 0.05) is 18.1 Å². The number of aromatic nitrogens is 1. The number of pyridine rings is 1. The molecule has 2 heterocycles. The zero-order chi connectivity index (χ0) is 11.5. The summed E-state index contributed by atoms with van der Waals surface area (Å²) in [6.45, 7) is 2.12. The molecule has 1 aliphatic heterocycles. The summed E-state index contributed by atoms with van der Waals surface area (Å²) in [5.74, 6) is 0. The van der Waals surface area contributed by atoms with Gasteiger partial charge in [-0.1, -0.05) is 29.8 Å². The fraction of sp³-hybridized carbons (Fsp3) is 0.267. The minimum Gasteiger partial charge on any atom is -0.313 e. The molecule has 1 aliphatic rings. The molecule has 0 amide bonds. The van der Waals surface area contributed by atoms with Gasteiger partial charge in [0.25, 0.3) is 0 Å². The molecule has 2 aromatic rings. The van der Waals surface area contributed by atoms with E-state index in [1.54, 1.807) is 5.57 Å². The van der Waals surface area contributed by atoms with Crippen LogP contribution < -0.4 is 5.32 Å². The Morgan fingerprint density at radius 1 is 1.18 bits per heavy atom. The quantitative estimate of drug-likeness (QED) is 0.793. The van der Waals surface area contributed by atoms with Crippen LogP contribution in [0.4, 0.5) is 0 Å². The van der Waals surface area contributed by atoms with E-state index in [0.717, 1.165) is 31.4 Å². The normalized spacial score (nSPS) is 15.9. The Hall–Kier alpha value is -1.67. The maximum Gasteiger partial charge on any atom is 0.0704 e. The van der Waals surface area contributed by atoms with E-state index < -0.39 is 0 Å². The molecular weight excluding hydrogens is 208 g/mol. The Balaban J connectivity index is 1.97. The predicted molar refractivity (Wildman–Crippen MR) is 71.0 cm³/mol. The van der Waals surface area contributed by atoms with Crippen LogP contribution in [0.2, 0.25) is 0 Å². The third-order valence-corrected chi connectivity index (χ3v) is 3.31. The highest BCUT2D eigenvalue weighted by Crippen LogP contribution is 2.20. The number of nitrogens with one attached hydrogen (secondary N) is 1. The van der Waals surface area contributed by atoms with E-state index in [2.05, 4.69) is 40.6 Å².